The fraction of sp³-hybridized carbons (Fsp3) is 0.900. The highest BCUT2D eigenvalue weighted by Crippen LogP contribution is 2.18. The maximum absolute atomic E-state index is 10.9. The molecule has 0 spiro atoms. The first-order valence-corrected chi connectivity index (χ1v) is 4.96. The maximum atomic E-state index is 10.9. The second-order valence-electron chi connectivity index (χ2n) is 3.27. The third-order valence-electron chi connectivity index (χ3n) is 2.87. The Balaban J connectivity index is 4.02. The van der Waals surface area contributed by atoms with Gasteiger partial charge in [-0.2, -0.15) is 0 Å². The summed E-state index contributed by atoms with van der Waals surface area (Å²) in [5.74, 6) is -0.195. The van der Waals surface area contributed by atoms with Crippen LogP contribution in [0, 0.1) is 0 Å². The second kappa shape index (κ2) is 5.97. The number of carbonyl (C=O) groups excluding carboxylic acids is 1. The standard InChI is InChI=1S/C10H21NO2/c1-5-10(6-2,7-3)11-8-9(12)13-4/h11H,5-8H2,1-4H3. The number of rotatable bonds is 6. The summed E-state index contributed by atoms with van der Waals surface area (Å²) in [6, 6.07) is 0. The Bertz CT molecular complexity index is 145. The van der Waals surface area contributed by atoms with Gasteiger partial charge >= 0.3 is 5.97 Å². The second-order valence-corrected chi connectivity index (χ2v) is 3.27. The number of carbonyl (C=O) groups is 1. The molecule has 0 rings (SSSR count). The molecule has 0 saturated heterocycles. The Kier molecular flexibility index (Phi) is 5.71. The Morgan fingerprint density at radius 1 is 1.23 bits per heavy atom. The molecule has 13 heavy (non-hydrogen) atoms. The molecule has 0 aromatic heterocycles. The molecule has 0 unspecified atom stereocenters. The molecule has 0 saturated carbocycles. The van der Waals surface area contributed by atoms with Crippen LogP contribution in [0.2, 0.25) is 0 Å². The summed E-state index contributed by atoms with van der Waals surface area (Å²) in [5, 5.41) is 3.26. The predicted molar refractivity (Wildman–Crippen MR) is 53.6 cm³/mol. The minimum Gasteiger partial charge on any atom is -0.468 e. The van der Waals surface area contributed by atoms with Crippen molar-refractivity contribution < 1.29 is 9.53 Å². The lowest BCUT2D eigenvalue weighted by atomic mass is 9.90. The molecule has 0 radical (unpaired) electrons. The topological polar surface area (TPSA) is 38.3 Å². The van der Waals surface area contributed by atoms with Gasteiger partial charge < -0.3 is 10.1 Å². The molecule has 0 fully saturated rings. The third-order valence-corrected chi connectivity index (χ3v) is 2.87. The molecule has 3 nitrogen and oxygen atoms in total. The Hall–Kier alpha value is -0.570. The fourth-order valence-corrected chi connectivity index (χ4v) is 1.46. The fourth-order valence-electron chi connectivity index (χ4n) is 1.46. The third kappa shape index (κ3) is 3.77. The van der Waals surface area contributed by atoms with Gasteiger partial charge in [0.1, 0.15) is 0 Å². The van der Waals surface area contributed by atoms with Crippen LogP contribution >= 0.6 is 0 Å². The monoisotopic (exact) mass is 187 g/mol. The van der Waals surface area contributed by atoms with E-state index in [1.54, 1.807) is 0 Å². The summed E-state index contributed by atoms with van der Waals surface area (Å²) in [6.45, 7) is 6.72. The summed E-state index contributed by atoms with van der Waals surface area (Å²) >= 11 is 0. The van der Waals surface area contributed by atoms with Gasteiger partial charge in [0, 0.05) is 5.54 Å². The van der Waals surface area contributed by atoms with Gasteiger partial charge in [0.05, 0.1) is 13.7 Å². The van der Waals surface area contributed by atoms with Gasteiger partial charge in [-0.25, -0.2) is 0 Å². The van der Waals surface area contributed by atoms with Crippen LogP contribution in [0.1, 0.15) is 40.0 Å². The minimum absolute atomic E-state index is 0.105. The van der Waals surface area contributed by atoms with E-state index in [0.717, 1.165) is 19.3 Å². The molecule has 0 amide bonds. The number of hydrogen-bond donors (Lipinski definition) is 1. The van der Waals surface area contributed by atoms with E-state index >= 15 is 0 Å². The smallest absolute Gasteiger partial charge is 0.319 e. The highest BCUT2D eigenvalue weighted by molar-refractivity contribution is 5.71. The van der Waals surface area contributed by atoms with E-state index in [2.05, 4.69) is 30.8 Å². The highest BCUT2D eigenvalue weighted by atomic mass is 16.5. The lowest BCUT2D eigenvalue weighted by Crippen LogP contribution is -2.46. The van der Waals surface area contributed by atoms with Gasteiger partial charge in [-0.1, -0.05) is 20.8 Å². The Morgan fingerprint density at radius 2 is 1.69 bits per heavy atom. The average Bonchev–Trinajstić information content (AvgIpc) is 2.20. The zero-order valence-corrected chi connectivity index (χ0v) is 9.14. The van der Waals surface area contributed by atoms with Crippen LogP contribution in [-0.4, -0.2) is 25.2 Å². The molecule has 1 N–H and O–H groups in total. The number of methoxy groups -OCH3 is 1. The van der Waals surface area contributed by atoms with Crippen molar-refractivity contribution in [3.63, 3.8) is 0 Å². The van der Waals surface area contributed by atoms with Crippen LogP contribution in [0.25, 0.3) is 0 Å². The van der Waals surface area contributed by atoms with Crippen molar-refractivity contribution in [2.75, 3.05) is 13.7 Å². The van der Waals surface area contributed by atoms with Gasteiger partial charge in [0.2, 0.25) is 0 Å². The van der Waals surface area contributed by atoms with E-state index in [1.165, 1.54) is 7.11 Å². The van der Waals surface area contributed by atoms with Crippen LogP contribution in [0.3, 0.4) is 0 Å². The summed E-state index contributed by atoms with van der Waals surface area (Å²) < 4.78 is 4.58. The van der Waals surface area contributed by atoms with Crippen molar-refractivity contribution >= 4 is 5.97 Å². The van der Waals surface area contributed by atoms with Crippen molar-refractivity contribution in [1.29, 1.82) is 0 Å². The van der Waals surface area contributed by atoms with E-state index in [9.17, 15) is 4.79 Å². The SMILES string of the molecule is CCC(CC)(CC)NCC(=O)OC. The van der Waals surface area contributed by atoms with Gasteiger partial charge in [-0.15, -0.1) is 0 Å². The predicted octanol–water partition coefficient (Wildman–Crippen LogP) is 1.72. The van der Waals surface area contributed by atoms with E-state index in [1.807, 2.05) is 0 Å². The Labute approximate surface area is 80.8 Å². The molecule has 3 heteroatoms. The molecule has 0 aliphatic carbocycles. The molecule has 0 aromatic carbocycles. The summed E-state index contributed by atoms with van der Waals surface area (Å²) in [7, 11) is 1.41. The zero-order valence-electron chi connectivity index (χ0n) is 9.14. The van der Waals surface area contributed by atoms with E-state index < -0.39 is 0 Å². The number of ether oxygens (including phenoxy) is 1. The van der Waals surface area contributed by atoms with Crippen LogP contribution in [0.4, 0.5) is 0 Å². The normalized spacial score (nSPS) is 11.4. The molecule has 0 aromatic rings. The molecular formula is C10H21NO2. The van der Waals surface area contributed by atoms with Crippen molar-refractivity contribution in [2.45, 2.75) is 45.6 Å². The van der Waals surface area contributed by atoms with E-state index in [0.29, 0.717) is 6.54 Å². The van der Waals surface area contributed by atoms with E-state index in [-0.39, 0.29) is 11.5 Å². The van der Waals surface area contributed by atoms with Crippen molar-refractivity contribution in [3.8, 4) is 0 Å². The largest absolute Gasteiger partial charge is 0.468 e. The first kappa shape index (κ1) is 12.4. The zero-order chi connectivity index (χ0) is 10.3. The molecule has 0 bridgehead atoms. The van der Waals surface area contributed by atoms with Crippen LogP contribution in [0.15, 0.2) is 0 Å². The molecule has 0 heterocycles. The Morgan fingerprint density at radius 3 is 2.00 bits per heavy atom. The lowest BCUT2D eigenvalue weighted by Gasteiger charge is -2.31. The maximum Gasteiger partial charge on any atom is 0.319 e. The first-order valence-electron chi connectivity index (χ1n) is 4.96. The van der Waals surface area contributed by atoms with E-state index in [4.69, 9.17) is 0 Å². The lowest BCUT2D eigenvalue weighted by molar-refractivity contribution is -0.140. The van der Waals surface area contributed by atoms with Gasteiger partial charge in [-0.05, 0) is 19.3 Å². The minimum atomic E-state index is -0.195. The summed E-state index contributed by atoms with van der Waals surface area (Å²) in [4.78, 5) is 10.9. The van der Waals surface area contributed by atoms with Crippen LogP contribution in [0.5, 0.6) is 0 Å². The van der Waals surface area contributed by atoms with Crippen molar-refractivity contribution in [3.05, 3.63) is 0 Å². The van der Waals surface area contributed by atoms with Crippen molar-refractivity contribution in [2.24, 2.45) is 0 Å². The van der Waals surface area contributed by atoms with Gasteiger partial charge in [0.15, 0.2) is 0 Å². The quantitative estimate of drug-likeness (QED) is 0.643. The highest BCUT2D eigenvalue weighted by Gasteiger charge is 2.23. The number of nitrogens with one attached hydrogen (secondary N) is 1. The van der Waals surface area contributed by atoms with Gasteiger partial charge in [-0.3, -0.25) is 4.79 Å². The molecular weight excluding hydrogens is 166 g/mol. The molecule has 78 valence electrons. The number of esters is 1. The van der Waals surface area contributed by atoms with Gasteiger partial charge in [0.25, 0.3) is 0 Å². The summed E-state index contributed by atoms with van der Waals surface area (Å²) in [6.07, 6.45) is 3.12. The molecule has 0 aliphatic heterocycles. The van der Waals surface area contributed by atoms with Crippen LogP contribution < -0.4 is 5.32 Å². The molecule has 0 aliphatic rings. The number of hydrogen-bond acceptors (Lipinski definition) is 3. The summed E-state index contributed by atoms with van der Waals surface area (Å²) in [5.41, 5.74) is 0.105. The van der Waals surface area contributed by atoms with Crippen molar-refractivity contribution in [1.82, 2.24) is 5.32 Å². The first-order chi connectivity index (χ1) is 6.14. The average molecular weight is 187 g/mol. The van der Waals surface area contributed by atoms with Crippen LogP contribution in [-0.2, 0) is 9.53 Å². The molecule has 0 atom stereocenters.